The standard InChI is InChI=1S/C30H26N4O4/c35-26-19-38-28-25(34(26)18-20-6-4-15-31-17-20)16-24(21-7-2-1-3-8-21)27(32-28)22-9-11-23(12-10-22)30(13-5-14-30)33-29(36)37/h1-4,6-12,15-17,33H,5,13-14,18-19H2,(H,36,37). The number of nitrogens with one attached hydrogen (secondary N) is 1. The third kappa shape index (κ3) is 4.34. The molecule has 2 amide bonds. The molecule has 2 aliphatic rings. The molecule has 1 aliphatic carbocycles. The second kappa shape index (κ2) is 9.63. The number of fused-ring (bicyclic) bond motifs is 1. The summed E-state index contributed by atoms with van der Waals surface area (Å²) < 4.78 is 5.81. The number of hydrogen-bond donors (Lipinski definition) is 2. The predicted molar refractivity (Wildman–Crippen MR) is 143 cm³/mol. The molecule has 4 aromatic rings. The van der Waals surface area contributed by atoms with Gasteiger partial charge in [-0.15, -0.1) is 0 Å². The van der Waals surface area contributed by atoms with Crippen LogP contribution in [0.5, 0.6) is 5.88 Å². The molecule has 0 atom stereocenters. The van der Waals surface area contributed by atoms with E-state index in [0.29, 0.717) is 18.1 Å². The van der Waals surface area contributed by atoms with Crippen LogP contribution in [0.3, 0.4) is 0 Å². The van der Waals surface area contributed by atoms with E-state index >= 15 is 0 Å². The first-order valence-corrected chi connectivity index (χ1v) is 12.6. The Morgan fingerprint density at radius 2 is 1.82 bits per heavy atom. The summed E-state index contributed by atoms with van der Waals surface area (Å²) in [7, 11) is 0. The van der Waals surface area contributed by atoms with Crippen molar-refractivity contribution in [3.63, 3.8) is 0 Å². The smallest absolute Gasteiger partial charge is 0.405 e. The van der Waals surface area contributed by atoms with Gasteiger partial charge in [-0.3, -0.25) is 9.78 Å². The Bertz CT molecular complexity index is 1490. The van der Waals surface area contributed by atoms with E-state index in [1.54, 1.807) is 17.3 Å². The SMILES string of the molecule is O=C(O)NC1(c2ccc(-c3nc4c(cc3-c3ccccc3)N(Cc3cccnc3)C(=O)CO4)cc2)CCC1. The van der Waals surface area contributed by atoms with Crippen LogP contribution in [0.15, 0.2) is 85.2 Å². The first-order chi connectivity index (χ1) is 18.5. The molecule has 2 aromatic carbocycles. The van der Waals surface area contributed by atoms with Crippen LogP contribution in [0, 0.1) is 0 Å². The van der Waals surface area contributed by atoms with Crippen LogP contribution in [-0.2, 0) is 16.9 Å². The fourth-order valence-corrected chi connectivity index (χ4v) is 5.20. The van der Waals surface area contributed by atoms with Gasteiger partial charge < -0.3 is 20.1 Å². The highest BCUT2D eigenvalue weighted by Crippen LogP contribution is 2.43. The Hall–Kier alpha value is -4.72. The molecular weight excluding hydrogens is 480 g/mol. The van der Waals surface area contributed by atoms with E-state index in [-0.39, 0.29) is 12.5 Å². The lowest BCUT2D eigenvalue weighted by Crippen LogP contribution is -2.50. The summed E-state index contributed by atoms with van der Waals surface area (Å²) in [4.78, 5) is 35.1. The van der Waals surface area contributed by atoms with Gasteiger partial charge in [0.1, 0.15) is 5.69 Å². The predicted octanol–water partition coefficient (Wildman–Crippen LogP) is 5.38. The summed E-state index contributed by atoms with van der Waals surface area (Å²) in [6, 6.07) is 23.6. The van der Waals surface area contributed by atoms with E-state index in [1.807, 2.05) is 72.8 Å². The Morgan fingerprint density at radius 1 is 1.03 bits per heavy atom. The van der Waals surface area contributed by atoms with Crippen LogP contribution in [-0.4, -0.2) is 33.7 Å². The number of carboxylic acid groups (broad SMARTS) is 1. The molecule has 1 aliphatic heterocycles. The van der Waals surface area contributed by atoms with Crippen molar-refractivity contribution < 1.29 is 19.4 Å². The second-order valence-electron chi connectivity index (χ2n) is 9.65. The minimum absolute atomic E-state index is 0.0906. The zero-order chi connectivity index (χ0) is 26.1. The molecule has 0 spiro atoms. The lowest BCUT2D eigenvalue weighted by Gasteiger charge is -2.42. The molecule has 8 heteroatoms. The van der Waals surface area contributed by atoms with Gasteiger partial charge >= 0.3 is 6.09 Å². The molecule has 0 bridgehead atoms. The van der Waals surface area contributed by atoms with E-state index in [1.165, 1.54) is 0 Å². The van der Waals surface area contributed by atoms with Crippen LogP contribution in [0.2, 0.25) is 0 Å². The second-order valence-corrected chi connectivity index (χ2v) is 9.65. The molecule has 1 fully saturated rings. The third-order valence-corrected chi connectivity index (χ3v) is 7.31. The highest BCUT2D eigenvalue weighted by molar-refractivity contribution is 5.99. The van der Waals surface area contributed by atoms with Crippen molar-refractivity contribution in [2.75, 3.05) is 11.5 Å². The average molecular weight is 507 g/mol. The van der Waals surface area contributed by atoms with Crippen LogP contribution >= 0.6 is 0 Å². The number of hydrogen-bond acceptors (Lipinski definition) is 5. The molecule has 3 heterocycles. The monoisotopic (exact) mass is 506 g/mol. The normalized spacial score (nSPS) is 15.7. The summed E-state index contributed by atoms with van der Waals surface area (Å²) in [6.07, 6.45) is 4.98. The summed E-state index contributed by atoms with van der Waals surface area (Å²) in [5.41, 5.74) is 5.37. The van der Waals surface area contributed by atoms with E-state index < -0.39 is 11.6 Å². The molecule has 1 saturated carbocycles. The van der Waals surface area contributed by atoms with Gasteiger partial charge in [0.2, 0.25) is 5.88 Å². The number of ether oxygens (including phenoxy) is 1. The van der Waals surface area contributed by atoms with Crippen LogP contribution < -0.4 is 15.0 Å². The van der Waals surface area contributed by atoms with E-state index in [0.717, 1.165) is 52.8 Å². The maximum atomic E-state index is 12.9. The summed E-state index contributed by atoms with van der Waals surface area (Å²) in [6.45, 7) is 0.276. The highest BCUT2D eigenvalue weighted by Gasteiger charge is 2.40. The molecule has 2 aromatic heterocycles. The van der Waals surface area contributed by atoms with Gasteiger partial charge in [-0.2, -0.15) is 0 Å². The molecule has 0 radical (unpaired) electrons. The zero-order valence-corrected chi connectivity index (χ0v) is 20.6. The number of benzene rings is 2. The number of carbonyl (C=O) groups excluding carboxylic acids is 1. The lowest BCUT2D eigenvalue weighted by atomic mass is 9.71. The maximum absolute atomic E-state index is 12.9. The fourth-order valence-electron chi connectivity index (χ4n) is 5.20. The quantitative estimate of drug-likeness (QED) is 0.364. The average Bonchev–Trinajstić information content (AvgIpc) is 2.93. The van der Waals surface area contributed by atoms with Crippen molar-refractivity contribution in [1.29, 1.82) is 0 Å². The summed E-state index contributed by atoms with van der Waals surface area (Å²) in [5.74, 6) is 0.256. The van der Waals surface area contributed by atoms with Crippen molar-refractivity contribution in [2.24, 2.45) is 0 Å². The Kier molecular flexibility index (Phi) is 5.99. The van der Waals surface area contributed by atoms with E-state index in [4.69, 9.17) is 9.72 Å². The highest BCUT2D eigenvalue weighted by atomic mass is 16.5. The summed E-state index contributed by atoms with van der Waals surface area (Å²) >= 11 is 0. The molecular formula is C30H26N4O4. The Labute approximate surface area is 219 Å². The lowest BCUT2D eigenvalue weighted by molar-refractivity contribution is -0.121. The van der Waals surface area contributed by atoms with Crippen molar-refractivity contribution in [3.8, 4) is 28.3 Å². The van der Waals surface area contributed by atoms with Crippen molar-refractivity contribution in [1.82, 2.24) is 15.3 Å². The first kappa shape index (κ1) is 23.7. The van der Waals surface area contributed by atoms with Crippen molar-refractivity contribution in [2.45, 2.75) is 31.3 Å². The van der Waals surface area contributed by atoms with Crippen molar-refractivity contribution >= 4 is 17.7 Å². The molecule has 8 nitrogen and oxygen atoms in total. The maximum Gasteiger partial charge on any atom is 0.405 e. The number of anilines is 1. The first-order valence-electron chi connectivity index (χ1n) is 12.6. The molecule has 190 valence electrons. The van der Waals surface area contributed by atoms with Crippen LogP contribution in [0.25, 0.3) is 22.4 Å². The number of rotatable bonds is 6. The van der Waals surface area contributed by atoms with Crippen molar-refractivity contribution in [3.05, 3.63) is 96.3 Å². The molecule has 2 N–H and O–H groups in total. The Balaban J connectivity index is 1.43. The van der Waals surface area contributed by atoms with Gasteiger partial charge in [0.15, 0.2) is 6.61 Å². The third-order valence-electron chi connectivity index (χ3n) is 7.31. The largest absolute Gasteiger partial charge is 0.466 e. The topological polar surface area (TPSA) is 105 Å². The van der Waals surface area contributed by atoms with Gasteiger partial charge in [-0.25, -0.2) is 9.78 Å². The minimum Gasteiger partial charge on any atom is -0.466 e. The number of aromatic nitrogens is 2. The summed E-state index contributed by atoms with van der Waals surface area (Å²) in [5, 5.41) is 12.1. The number of pyridine rings is 2. The van der Waals surface area contributed by atoms with E-state index in [9.17, 15) is 14.7 Å². The van der Waals surface area contributed by atoms with Gasteiger partial charge in [0.05, 0.1) is 17.8 Å². The van der Waals surface area contributed by atoms with Gasteiger partial charge in [0, 0.05) is 23.5 Å². The van der Waals surface area contributed by atoms with E-state index in [2.05, 4.69) is 10.3 Å². The van der Waals surface area contributed by atoms with Gasteiger partial charge in [0.25, 0.3) is 5.91 Å². The van der Waals surface area contributed by atoms with Crippen LogP contribution in [0.4, 0.5) is 10.5 Å². The molecule has 6 rings (SSSR count). The number of carbonyl (C=O) groups is 2. The molecule has 38 heavy (non-hydrogen) atoms. The number of amides is 2. The minimum atomic E-state index is -1.01. The fraction of sp³-hybridized carbons (Fsp3) is 0.200. The number of nitrogens with zero attached hydrogens (tertiary/aromatic N) is 3. The molecule has 0 saturated heterocycles. The zero-order valence-electron chi connectivity index (χ0n) is 20.6. The van der Waals surface area contributed by atoms with Gasteiger partial charge in [-0.05, 0) is 48.1 Å². The van der Waals surface area contributed by atoms with Gasteiger partial charge in [-0.1, -0.05) is 60.7 Å². The van der Waals surface area contributed by atoms with Crippen LogP contribution in [0.1, 0.15) is 30.4 Å². The Morgan fingerprint density at radius 3 is 2.47 bits per heavy atom. The molecule has 0 unspecified atom stereocenters.